The van der Waals surface area contributed by atoms with Gasteiger partial charge in [-0.25, -0.2) is 19.9 Å². The van der Waals surface area contributed by atoms with E-state index in [2.05, 4.69) is 19.9 Å². The molecule has 3 rings (SSSR count). The number of nitrogens with two attached hydrogens (primary N) is 2. The Hall–Kier alpha value is -2.77. The number of carbonyl (C=O) groups is 1. The van der Waals surface area contributed by atoms with Gasteiger partial charge in [-0.3, -0.25) is 4.79 Å². The van der Waals surface area contributed by atoms with Gasteiger partial charge in [-0.05, 0) is 25.8 Å². The van der Waals surface area contributed by atoms with Gasteiger partial charge in [0, 0.05) is 37.1 Å². The van der Waals surface area contributed by atoms with E-state index in [0.29, 0.717) is 30.3 Å². The minimum Gasteiger partial charge on any atom is -0.368 e. The van der Waals surface area contributed by atoms with Gasteiger partial charge in [0.2, 0.25) is 11.9 Å². The largest absolute Gasteiger partial charge is 0.368 e. The molecule has 1 aliphatic heterocycles. The first kappa shape index (κ1) is 15.1. The second kappa shape index (κ2) is 6.15. The molecule has 8 heteroatoms. The molecule has 0 unspecified atom stereocenters. The second-order valence-electron chi connectivity index (χ2n) is 5.63. The average Bonchev–Trinajstić information content (AvgIpc) is 2.54. The van der Waals surface area contributed by atoms with E-state index in [1.807, 2.05) is 11.0 Å². The van der Waals surface area contributed by atoms with Crippen molar-refractivity contribution in [3.8, 4) is 0 Å². The number of piperidine rings is 1. The first-order valence-electron chi connectivity index (χ1n) is 7.51. The van der Waals surface area contributed by atoms with Crippen LogP contribution < -0.4 is 11.5 Å². The number of anilines is 2. The molecule has 0 radical (unpaired) electrons. The van der Waals surface area contributed by atoms with Crippen LogP contribution >= 0.6 is 0 Å². The molecule has 4 N–H and O–H groups in total. The van der Waals surface area contributed by atoms with Crippen LogP contribution in [0.4, 0.5) is 11.9 Å². The number of hydrogen-bond acceptors (Lipinski definition) is 7. The maximum Gasteiger partial charge on any atom is 0.257 e. The molecule has 0 atom stereocenters. The van der Waals surface area contributed by atoms with Crippen molar-refractivity contribution in [1.29, 1.82) is 0 Å². The SMILES string of the molecule is Cc1nc(N)ncc1C(=O)N1CCC(c2ccnc(N)n2)CC1. The minimum absolute atomic E-state index is 0.0526. The van der Waals surface area contributed by atoms with E-state index in [4.69, 9.17) is 11.5 Å². The molecule has 2 aromatic heterocycles. The van der Waals surface area contributed by atoms with Crippen molar-refractivity contribution in [2.24, 2.45) is 0 Å². The van der Waals surface area contributed by atoms with Gasteiger partial charge in [0.25, 0.3) is 5.91 Å². The first-order chi connectivity index (χ1) is 11.0. The summed E-state index contributed by atoms with van der Waals surface area (Å²) in [7, 11) is 0. The summed E-state index contributed by atoms with van der Waals surface area (Å²) in [4.78, 5) is 30.6. The zero-order chi connectivity index (χ0) is 16.4. The second-order valence-corrected chi connectivity index (χ2v) is 5.63. The van der Waals surface area contributed by atoms with Gasteiger partial charge in [0.15, 0.2) is 0 Å². The predicted octanol–water partition coefficient (Wildman–Crippen LogP) is 0.759. The maximum atomic E-state index is 12.6. The fourth-order valence-corrected chi connectivity index (χ4v) is 2.86. The van der Waals surface area contributed by atoms with Crippen molar-refractivity contribution in [2.45, 2.75) is 25.7 Å². The van der Waals surface area contributed by atoms with Crippen LogP contribution in [-0.2, 0) is 0 Å². The lowest BCUT2D eigenvalue weighted by Gasteiger charge is -2.32. The Balaban J connectivity index is 1.68. The standard InChI is InChI=1S/C15H19N7O/c1-9-11(8-19-15(17)20-9)13(23)22-6-3-10(4-7-22)12-2-5-18-14(16)21-12/h2,5,8,10H,3-4,6-7H2,1H3,(H2,16,18,21)(H2,17,19,20). The molecule has 1 fully saturated rings. The Labute approximate surface area is 134 Å². The predicted molar refractivity (Wildman–Crippen MR) is 85.5 cm³/mol. The number of hydrogen-bond donors (Lipinski definition) is 2. The molecule has 3 heterocycles. The van der Waals surface area contributed by atoms with Crippen molar-refractivity contribution in [3.05, 3.63) is 35.4 Å². The van der Waals surface area contributed by atoms with Gasteiger partial charge in [0.05, 0.1) is 11.3 Å². The van der Waals surface area contributed by atoms with Crippen LogP contribution in [0.25, 0.3) is 0 Å². The molecule has 8 nitrogen and oxygen atoms in total. The fraction of sp³-hybridized carbons (Fsp3) is 0.400. The monoisotopic (exact) mass is 313 g/mol. The maximum absolute atomic E-state index is 12.6. The highest BCUT2D eigenvalue weighted by molar-refractivity contribution is 5.95. The van der Waals surface area contributed by atoms with Crippen molar-refractivity contribution in [3.63, 3.8) is 0 Å². The summed E-state index contributed by atoms with van der Waals surface area (Å²) in [5.41, 5.74) is 13.2. The third kappa shape index (κ3) is 3.20. The zero-order valence-corrected chi connectivity index (χ0v) is 12.9. The molecule has 23 heavy (non-hydrogen) atoms. The van der Waals surface area contributed by atoms with E-state index in [1.54, 1.807) is 13.1 Å². The van der Waals surface area contributed by atoms with Gasteiger partial charge >= 0.3 is 0 Å². The summed E-state index contributed by atoms with van der Waals surface area (Å²) in [6.45, 7) is 3.09. The van der Waals surface area contributed by atoms with E-state index >= 15 is 0 Å². The molecular weight excluding hydrogens is 294 g/mol. The summed E-state index contributed by atoms with van der Waals surface area (Å²) < 4.78 is 0. The van der Waals surface area contributed by atoms with Crippen LogP contribution in [0, 0.1) is 6.92 Å². The number of rotatable bonds is 2. The summed E-state index contributed by atoms with van der Waals surface area (Å²) in [6.07, 6.45) is 4.86. The van der Waals surface area contributed by atoms with Crippen LogP contribution in [0.3, 0.4) is 0 Å². The molecule has 0 aromatic carbocycles. The third-order valence-electron chi connectivity index (χ3n) is 4.12. The van der Waals surface area contributed by atoms with Crippen LogP contribution in [0.1, 0.15) is 40.5 Å². The molecular formula is C15H19N7O. The first-order valence-corrected chi connectivity index (χ1v) is 7.51. The van der Waals surface area contributed by atoms with Crippen molar-refractivity contribution < 1.29 is 4.79 Å². The van der Waals surface area contributed by atoms with Crippen molar-refractivity contribution in [1.82, 2.24) is 24.8 Å². The lowest BCUT2D eigenvalue weighted by Crippen LogP contribution is -2.38. The van der Waals surface area contributed by atoms with E-state index in [-0.39, 0.29) is 17.8 Å². The average molecular weight is 313 g/mol. The molecule has 1 amide bonds. The quantitative estimate of drug-likeness (QED) is 0.838. The number of nitrogens with zero attached hydrogens (tertiary/aromatic N) is 5. The van der Waals surface area contributed by atoms with Crippen LogP contribution in [-0.4, -0.2) is 43.8 Å². The Bertz CT molecular complexity index is 726. The Morgan fingerprint density at radius 1 is 1.17 bits per heavy atom. The summed E-state index contributed by atoms with van der Waals surface area (Å²) >= 11 is 0. The molecule has 1 saturated heterocycles. The van der Waals surface area contributed by atoms with Crippen LogP contribution in [0.2, 0.25) is 0 Å². The Morgan fingerprint density at radius 2 is 1.87 bits per heavy atom. The van der Waals surface area contributed by atoms with Gasteiger partial charge in [0.1, 0.15) is 0 Å². The van der Waals surface area contributed by atoms with E-state index in [0.717, 1.165) is 18.5 Å². The normalized spacial score (nSPS) is 15.6. The number of aryl methyl sites for hydroxylation is 1. The minimum atomic E-state index is -0.0526. The fourth-order valence-electron chi connectivity index (χ4n) is 2.86. The molecule has 0 spiro atoms. The van der Waals surface area contributed by atoms with Gasteiger partial charge < -0.3 is 16.4 Å². The van der Waals surface area contributed by atoms with Crippen molar-refractivity contribution in [2.75, 3.05) is 24.6 Å². The van der Waals surface area contributed by atoms with E-state index < -0.39 is 0 Å². The molecule has 0 bridgehead atoms. The topological polar surface area (TPSA) is 124 Å². The number of amides is 1. The highest BCUT2D eigenvalue weighted by Crippen LogP contribution is 2.27. The number of carbonyl (C=O) groups excluding carboxylic acids is 1. The third-order valence-corrected chi connectivity index (χ3v) is 4.12. The number of aromatic nitrogens is 4. The summed E-state index contributed by atoms with van der Waals surface area (Å²) in [6, 6.07) is 1.89. The lowest BCUT2D eigenvalue weighted by atomic mass is 9.93. The van der Waals surface area contributed by atoms with E-state index in [1.165, 1.54) is 6.20 Å². The van der Waals surface area contributed by atoms with Gasteiger partial charge in [-0.1, -0.05) is 0 Å². The van der Waals surface area contributed by atoms with Gasteiger partial charge in [-0.15, -0.1) is 0 Å². The highest BCUT2D eigenvalue weighted by Gasteiger charge is 2.26. The molecule has 120 valence electrons. The Morgan fingerprint density at radius 3 is 2.52 bits per heavy atom. The molecule has 0 aliphatic carbocycles. The number of nitrogen functional groups attached to an aromatic ring is 2. The smallest absolute Gasteiger partial charge is 0.257 e. The molecule has 0 saturated carbocycles. The molecule has 1 aliphatic rings. The lowest BCUT2D eigenvalue weighted by molar-refractivity contribution is 0.0710. The van der Waals surface area contributed by atoms with E-state index in [9.17, 15) is 4.79 Å². The van der Waals surface area contributed by atoms with Crippen molar-refractivity contribution >= 4 is 17.8 Å². The Kier molecular flexibility index (Phi) is 4.05. The van der Waals surface area contributed by atoms with Crippen LogP contribution in [0.5, 0.6) is 0 Å². The van der Waals surface area contributed by atoms with Gasteiger partial charge in [-0.2, -0.15) is 0 Å². The summed E-state index contributed by atoms with van der Waals surface area (Å²) in [5, 5.41) is 0. The summed E-state index contributed by atoms with van der Waals surface area (Å²) in [5.74, 6) is 0.714. The molecule has 2 aromatic rings. The highest BCUT2D eigenvalue weighted by atomic mass is 16.2. The number of likely N-dealkylation sites (tertiary alicyclic amines) is 1. The van der Waals surface area contributed by atoms with Crippen LogP contribution in [0.15, 0.2) is 18.5 Å². The zero-order valence-electron chi connectivity index (χ0n) is 12.9.